The lowest BCUT2D eigenvalue weighted by molar-refractivity contribution is -0.139. The van der Waals surface area contributed by atoms with E-state index < -0.39 is 35.6 Å². The van der Waals surface area contributed by atoms with Crippen LogP contribution in [0.25, 0.3) is 0 Å². The molecule has 1 atom stereocenters. The fourth-order valence-corrected chi connectivity index (χ4v) is 3.50. The van der Waals surface area contributed by atoms with Gasteiger partial charge in [-0.15, -0.1) is 0 Å². The zero-order valence-corrected chi connectivity index (χ0v) is 18.0. The molecule has 4 amide bonds. The molecule has 33 heavy (non-hydrogen) atoms. The van der Waals surface area contributed by atoms with Gasteiger partial charge >= 0.3 is 5.97 Å². The normalized spacial score (nSPS) is 17.6. The van der Waals surface area contributed by atoms with Crippen molar-refractivity contribution < 1.29 is 38.2 Å². The lowest BCUT2D eigenvalue weighted by Gasteiger charge is -2.27. The van der Waals surface area contributed by atoms with Gasteiger partial charge in [0.2, 0.25) is 11.8 Å². The largest absolute Gasteiger partial charge is 0.460 e. The first-order chi connectivity index (χ1) is 15.9. The molecular weight excluding hydrogens is 434 g/mol. The SMILES string of the molecule is C=CC(=O)OCCOCCOCCNc1cccc2c1C(=O)N(C1CCC(=O)NC1=O)C2=O. The first-order valence-electron chi connectivity index (χ1n) is 10.5. The molecule has 1 aromatic carbocycles. The van der Waals surface area contributed by atoms with Crippen molar-refractivity contribution in [3.05, 3.63) is 42.0 Å². The monoisotopic (exact) mass is 459 g/mol. The molecule has 1 saturated heterocycles. The molecular formula is C22H25N3O8. The van der Waals surface area contributed by atoms with Crippen molar-refractivity contribution in [1.82, 2.24) is 10.2 Å². The number of esters is 1. The minimum Gasteiger partial charge on any atom is -0.460 e. The van der Waals surface area contributed by atoms with Gasteiger partial charge in [-0.2, -0.15) is 0 Å². The van der Waals surface area contributed by atoms with Crippen LogP contribution in [-0.4, -0.2) is 80.1 Å². The molecule has 2 N–H and O–H groups in total. The maximum Gasteiger partial charge on any atom is 0.330 e. The minimum absolute atomic E-state index is 0.0654. The number of nitrogens with zero attached hydrogens (tertiary/aromatic N) is 1. The van der Waals surface area contributed by atoms with Crippen LogP contribution in [0.3, 0.4) is 0 Å². The summed E-state index contributed by atoms with van der Waals surface area (Å²) in [5.74, 6) is -2.70. The lowest BCUT2D eigenvalue weighted by atomic mass is 10.0. The van der Waals surface area contributed by atoms with Crippen molar-refractivity contribution in [2.75, 3.05) is 44.9 Å². The number of anilines is 1. The van der Waals surface area contributed by atoms with Gasteiger partial charge < -0.3 is 19.5 Å². The van der Waals surface area contributed by atoms with Gasteiger partial charge in [0.25, 0.3) is 11.8 Å². The van der Waals surface area contributed by atoms with Crippen molar-refractivity contribution in [3.63, 3.8) is 0 Å². The minimum atomic E-state index is -1.01. The molecule has 1 unspecified atom stereocenters. The molecule has 0 radical (unpaired) electrons. The van der Waals surface area contributed by atoms with Crippen LogP contribution in [0.15, 0.2) is 30.9 Å². The Balaban J connectivity index is 1.45. The smallest absolute Gasteiger partial charge is 0.330 e. The highest BCUT2D eigenvalue weighted by molar-refractivity contribution is 6.25. The van der Waals surface area contributed by atoms with Gasteiger partial charge in [0.15, 0.2) is 0 Å². The highest BCUT2D eigenvalue weighted by Crippen LogP contribution is 2.32. The standard InChI is InChI=1S/C22H25N3O8/c1-2-18(27)33-13-12-32-11-10-31-9-8-23-15-5-3-4-14-19(15)22(30)25(21(14)29)16-6-7-17(26)24-20(16)28/h2-5,16,23H,1,6-13H2,(H,24,26,28). The van der Waals surface area contributed by atoms with E-state index in [1.807, 2.05) is 0 Å². The number of carbonyl (C=O) groups is 5. The summed E-state index contributed by atoms with van der Waals surface area (Å²) in [6, 6.07) is 3.85. The molecule has 2 aliphatic rings. The zero-order chi connectivity index (χ0) is 23.8. The van der Waals surface area contributed by atoms with E-state index in [0.717, 1.165) is 11.0 Å². The van der Waals surface area contributed by atoms with Gasteiger partial charge in [-0.3, -0.25) is 29.4 Å². The van der Waals surface area contributed by atoms with Crippen LogP contribution in [0.2, 0.25) is 0 Å². The number of hydrogen-bond donors (Lipinski definition) is 2. The molecule has 1 aromatic rings. The summed E-state index contributed by atoms with van der Waals surface area (Å²) in [5.41, 5.74) is 0.871. The fourth-order valence-electron chi connectivity index (χ4n) is 3.50. The van der Waals surface area contributed by atoms with Gasteiger partial charge in [0.1, 0.15) is 12.6 Å². The number of ether oxygens (including phenoxy) is 3. The van der Waals surface area contributed by atoms with Crippen LogP contribution < -0.4 is 10.6 Å². The van der Waals surface area contributed by atoms with E-state index in [2.05, 4.69) is 17.2 Å². The molecule has 0 spiro atoms. The quantitative estimate of drug-likeness (QED) is 0.195. The van der Waals surface area contributed by atoms with Gasteiger partial charge in [-0.05, 0) is 18.6 Å². The maximum atomic E-state index is 13.0. The Morgan fingerprint density at radius 2 is 1.82 bits per heavy atom. The van der Waals surface area contributed by atoms with Crippen LogP contribution in [0.1, 0.15) is 33.6 Å². The second-order valence-corrected chi connectivity index (χ2v) is 7.20. The van der Waals surface area contributed by atoms with E-state index in [1.54, 1.807) is 12.1 Å². The summed E-state index contributed by atoms with van der Waals surface area (Å²) in [6.07, 6.45) is 1.25. The molecule has 2 aliphatic heterocycles. The van der Waals surface area contributed by atoms with E-state index in [1.165, 1.54) is 6.07 Å². The Kier molecular flexibility index (Phi) is 8.28. The second-order valence-electron chi connectivity index (χ2n) is 7.20. The number of benzene rings is 1. The molecule has 2 heterocycles. The Morgan fingerprint density at radius 3 is 2.55 bits per heavy atom. The number of imide groups is 2. The number of piperidine rings is 1. The van der Waals surface area contributed by atoms with Crippen LogP contribution in [-0.2, 0) is 28.6 Å². The maximum absolute atomic E-state index is 13.0. The van der Waals surface area contributed by atoms with E-state index in [4.69, 9.17) is 14.2 Å². The molecule has 1 fully saturated rings. The summed E-state index contributed by atoms with van der Waals surface area (Å²) in [6.45, 7) is 5.00. The van der Waals surface area contributed by atoms with E-state index in [9.17, 15) is 24.0 Å². The van der Waals surface area contributed by atoms with Gasteiger partial charge in [0, 0.05) is 24.7 Å². The first-order valence-corrected chi connectivity index (χ1v) is 10.5. The van der Waals surface area contributed by atoms with Crippen LogP contribution in [0.4, 0.5) is 5.69 Å². The molecule has 3 rings (SSSR count). The summed E-state index contributed by atoms with van der Waals surface area (Å²) >= 11 is 0. The Bertz CT molecular complexity index is 961. The number of amides is 4. The van der Waals surface area contributed by atoms with Crippen LogP contribution in [0.5, 0.6) is 0 Å². The molecule has 11 heteroatoms. The highest BCUT2D eigenvalue weighted by Gasteiger charge is 2.45. The van der Waals surface area contributed by atoms with Crippen molar-refractivity contribution in [2.45, 2.75) is 18.9 Å². The van der Waals surface area contributed by atoms with Crippen LogP contribution >= 0.6 is 0 Å². The number of rotatable bonds is 12. The predicted octanol–water partition coefficient (Wildman–Crippen LogP) is 0.262. The second kappa shape index (κ2) is 11.3. The van der Waals surface area contributed by atoms with Crippen molar-refractivity contribution in [2.24, 2.45) is 0 Å². The third kappa shape index (κ3) is 5.82. The first kappa shape index (κ1) is 24.1. The van der Waals surface area contributed by atoms with Crippen molar-refractivity contribution >= 4 is 35.3 Å². The number of hydrogen-bond acceptors (Lipinski definition) is 9. The van der Waals surface area contributed by atoms with E-state index in [-0.39, 0.29) is 37.2 Å². The van der Waals surface area contributed by atoms with E-state index >= 15 is 0 Å². The lowest BCUT2D eigenvalue weighted by Crippen LogP contribution is -2.54. The molecule has 176 valence electrons. The highest BCUT2D eigenvalue weighted by atomic mass is 16.6. The Morgan fingerprint density at radius 1 is 1.09 bits per heavy atom. The molecule has 0 aliphatic carbocycles. The number of nitrogens with one attached hydrogen (secondary N) is 2. The topological polar surface area (TPSA) is 140 Å². The summed E-state index contributed by atoms with van der Waals surface area (Å²) < 4.78 is 15.5. The molecule has 11 nitrogen and oxygen atoms in total. The van der Waals surface area contributed by atoms with Gasteiger partial charge in [0.05, 0.1) is 37.6 Å². The Hall–Kier alpha value is -3.57. The summed E-state index contributed by atoms with van der Waals surface area (Å²) in [5, 5.41) is 5.25. The predicted molar refractivity (Wildman–Crippen MR) is 114 cm³/mol. The average Bonchev–Trinajstić information content (AvgIpc) is 3.05. The van der Waals surface area contributed by atoms with E-state index in [0.29, 0.717) is 32.1 Å². The Labute approximate surface area is 190 Å². The molecule has 0 aromatic heterocycles. The van der Waals surface area contributed by atoms with Crippen LogP contribution in [0, 0.1) is 0 Å². The molecule has 0 saturated carbocycles. The summed E-state index contributed by atoms with van der Waals surface area (Å²) in [7, 11) is 0. The summed E-state index contributed by atoms with van der Waals surface area (Å²) in [4.78, 5) is 61.2. The average molecular weight is 459 g/mol. The zero-order valence-electron chi connectivity index (χ0n) is 18.0. The fraction of sp³-hybridized carbons (Fsp3) is 0.409. The van der Waals surface area contributed by atoms with Crippen molar-refractivity contribution in [3.8, 4) is 0 Å². The molecule has 0 bridgehead atoms. The van der Waals surface area contributed by atoms with Gasteiger partial charge in [-0.1, -0.05) is 12.6 Å². The van der Waals surface area contributed by atoms with Crippen molar-refractivity contribution in [1.29, 1.82) is 0 Å². The third-order valence-corrected chi connectivity index (χ3v) is 5.04. The third-order valence-electron chi connectivity index (χ3n) is 5.04. The number of carbonyl (C=O) groups excluding carboxylic acids is 5. The number of fused-ring (bicyclic) bond motifs is 1. The van der Waals surface area contributed by atoms with Gasteiger partial charge in [-0.25, -0.2) is 4.79 Å².